The molecule has 4 aliphatic rings. The van der Waals surface area contributed by atoms with Crippen LogP contribution in [-0.2, 0) is 9.59 Å². The van der Waals surface area contributed by atoms with Gasteiger partial charge in [-0.2, -0.15) is 0 Å². The number of hydrogen-bond acceptors (Lipinski definition) is 3. The van der Waals surface area contributed by atoms with Crippen LogP contribution in [0.1, 0.15) is 46.0 Å². The Hall–Kier alpha value is -0.930. The van der Waals surface area contributed by atoms with E-state index in [0.717, 1.165) is 24.8 Å². The van der Waals surface area contributed by atoms with E-state index >= 15 is 0 Å². The molecule has 0 radical (unpaired) electrons. The van der Waals surface area contributed by atoms with Gasteiger partial charge in [-0.25, -0.2) is 0 Å². The van der Waals surface area contributed by atoms with Crippen LogP contribution in [0.15, 0.2) is 23.8 Å². The Labute approximate surface area is 141 Å². The minimum Gasteiger partial charge on any atom is -0.391 e. The SMILES string of the molecule is C[C@]12C=CC(=O)C=C1CC[C@H]1[C@@H]3CCC(=O)[C@@]3(C)CC(O)[C@@]12Cl. The Morgan fingerprint density at radius 1 is 1.17 bits per heavy atom. The molecule has 1 N–H and O–H groups in total. The number of ketones is 2. The van der Waals surface area contributed by atoms with Crippen LogP contribution in [0, 0.1) is 22.7 Å². The van der Waals surface area contributed by atoms with Crippen molar-refractivity contribution in [1.29, 1.82) is 0 Å². The molecular weight excluding hydrogens is 312 g/mol. The number of aliphatic hydroxyl groups excluding tert-OH is 1. The van der Waals surface area contributed by atoms with Gasteiger partial charge in [0.25, 0.3) is 0 Å². The van der Waals surface area contributed by atoms with Gasteiger partial charge in [0.15, 0.2) is 5.78 Å². The zero-order chi connectivity index (χ0) is 16.6. The van der Waals surface area contributed by atoms with Gasteiger partial charge in [-0.1, -0.05) is 25.5 Å². The summed E-state index contributed by atoms with van der Waals surface area (Å²) in [6, 6.07) is 0. The van der Waals surface area contributed by atoms with Gasteiger partial charge in [0.1, 0.15) is 5.78 Å². The molecule has 0 saturated heterocycles. The molecule has 3 nitrogen and oxygen atoms in total. The number of hydrogen-bond donors (Lipinski definition) is 1. The quantitative estimate of drug-likeness (QED) is 0.692. The zero-order valence-electron chi connectivity index (χ0n) is 13.6. The summed E-state index contributed by atoms with van der Waals surface area (Å²) in [6.45, 7) is 4.06. The summed E-state index contributed by atoms with van der Waals surface area (Å²) < 4.78 is 0. The number of allylic oxidation sites excluding steroid dienone is 4. The van der Waals surface area contributed by atoms with Crippen molar-refractivity contribution < 1.29 is 14.7 Å². The highest BCUT2D eigenvalue weighted by Crippen LogP contribution is 2.67. The number of alkyl halides is 1. The summed E-state index contributed by atoms with van der Waals surface area (Å²) in [7, 11) is 0. The second-order valence-electron chi connectivity index (χ2n) is 8.23. The first-order chi connectivity index (χ1) is 10.7. The predicted octanol–water partition coefficient (Wildman–Crippen LogP) is 3.20. The fraction of sp³-hybridized carbons (Fsp3) is 0.684. The van der Waals surface area contributed by atoms with Crippen LogP contribution < -0.4 is 0 Å². The first kappa shape index (κ1) is 15.6. The molecular formula is C19H23ClO3. The van der Waals surface area contributed by atoms with Crippen molar-refractivity contribution in [1.82, 2.24) is 0 Å². The molecule has 0 bridgehead atoms. The highest BCUT2D eigenvalue weighted by molar-refractivity contribution is 6.26. The lowest BCUT2D eigenvalue weighted by Gasteiger charge is -2.62. The molecule has 4 heteroatoms. The van der Waals surface area contributed by atoms with Crippen molar-refractivity contribution in [3.63, 3.8) is 0 Å². The number of Topliss-reactive ketones (excluding diaryl/α,β-unsaturated/α-hetero) is 1. The molecule has 4 aliphatic carbocycles. The molecule has 4 rings (SSSR count). The Morgan fingerprint density at radius 2 is 1.87 bits per heavy atom. The molecule has 6 atom stereocenters. The van der Waals surface area contributed by atoms with Gasteiger partial charge < -0.3 is 5.11 Å². The average Bonchev–Trinajstić information content (AvgIpc) is 2.77. The summed E-state index contributed by atoms with van der Waals surface area (Å²) in [4.78, 5) is 23.4. The minimum atomic E-state index is -0.830. The normalized spacial score (nSPS) is 51.8. The van der Waals surface area contributed by atoms with Crippen molar-refractivity contribution in [3.8, 4) is 0 Å². The molecule has 0 heterocycles. The van der Waals surface area contributed by atoms with Crippen LogP contribution in [0.2, 0.25) is 0 Å². The maximum Gasteiger partial charge on any atom is 0.178 e. The molecule has 0 aromatic heterocycles. The molecule has 0 aromatic rings. The summed E-state index contributed by atoms with van der Waals surface area (Å²) in [5.74, 6) is 0.619. The molecule has 0 spiro atoms. The Balaban J connectivity index is 1.84. The first-order valence-electron chi connectivity index (χ1n) is 8.58. The van der Waals surface area contributed by atoms with Crippen LogP contribution in [0.3, 0.4) is 0 Å². The Kier molecular flexibility index (Phi) is 3.10. The monoisotopic (exact) mass is 334 g/mol. The standard InChI is InChI=1S/C19H23ClO3/c1-17-10-16(23)19(20)14(13(17)5-6-15(17)22)4-3-11-9-12(21)7-8-18(11,19)2/h7-9,13-14,16,23H,3-6,10H2,1-2H3/t13-,14-,16?,17-,18-,19-/m0/s1. The van der Waals surface area contributed by atoms with Crippen molar-refractivity contribution in [3.05, 3.63) is 23.8 Å². The van der Waals surface area contributed by atoms with E-state index < -0.39 is 21.8 Å². The molecule has 0 amide bonds. The van der Waals surface area contributed by atoms with E-state index in [1.807, 2.05) is 19.9 Å². The van der Waals surface area contributed by atoms with Crippen molar-refractivity contribution >= 4 is 23.2 Å². The minimum absolute atomic E-state index is 0.00220. The van der Waals surface area contributed by atoms with Crippen LogP contribution in [0.25, 0.3) is 0 Å². The summed E-state index contributed by atoms with van der Waals surface area (Å²) >= 11 is 7.20. The smallest absolute Gasteiger partial charge is 0.178 e. The number of fused-ring (bicyclic) bond motifs is 5. The van der Waals surface area contributed by atoms with Crippen LogP contribution in [0.5, 0.6) is 0 Å². The number of carbonyl (C=O) groups is 2. The fourth-order valence-corrected chi connectivity index (χ4v) is 6.51. The maximum absolute atomic E-state index is 12.4. The predicted molar refractivity (Wildman–Crippen MR) is 88.1 cm³/mol. The fourth-order valence-electron chi connectivity index (χ4n) is 5.98. The van der Waals surface area contributed by atoms with E-state index in [2.05, 4.69) is 0 Å². The van der Waals surface area contributed by atoms with Crippen LogP contribution in [0.4, 0.5) is 0 Å². The van der Waals surface area contributed by atoms with Gasteiger partial charge in [-0.3, -0.25) is 9.59 Å². The Morgan fingerprint density at radius 3 is 2.61 bits per heavy atom. The van der Waals surface area contributed by atoms with Gasteiger partial charge in [0.2, 0.25) is 0 Å². The molecule has 124 valence electrons. The molecule has 0 aliphatic heterocycles. The third-order valence-electron chi connectivity index (χ3n) is 7.35. The van der Waals surface area contributed by atoms with Crippen LogP contribution in [-0.4, -0.2) is 27.7 Å². The summed E-state index contributed by atoms with van der Waals surface area (Å²) in [5.41, 5.74) is 0.0784. The number of aliphatic hydroxyl groups is 1. The average molecular weight is 335 g/mol. The number of carbonyl (C=O) groups excluding carboxylic acids is 2. The molecule has 3 saturated carbocycles. The van der Waals surface area contributed by atoms with Gasteiger partial charge in [0.05, 0.1) is 11.0 Å². The van der Waals surface area contributed by atoms with Gasteiger partial charge >= 0.3 is 0 Å². The second-order valence-corrected chi connectivity index (χ2v) is 8.85. The molecule has 1 unspecified atom stereocenters. The molecule has 3 fully saturated rings. The summed E-state index contributed by atoms with van der Waals surface area (Å²) in [5, 5.41) is 11.0. The third kappa shape index (κ3) is 1.70. The second kappa shape index (κ2) is 4.58. The number of rotatable bonds is 0. The van der Waals surface area contributed by atoms with E-state index in [9.17, 15) is 14.7 Å². The Bertz CT molecular complexity index is 666. The van der Waals surface area contributed by atoms with Crippen molar-refractivity contribution in [2.24, 2.45) is 22.7 Å². The lowest BCUT2D eigenvalue weighted by Crippen LogP contribution is -2.66. The lowest BCUT2D eigenvalue weighted by molar-refractivity contribution is -0.138. The van der Waals surface area contributed by atoms with Crippen molar-refractivity contribution in [2.45, 2.75) is 56.9 Å². The topological polar surface area (TPSA) is 54.4 Å². The highest BCUT2D eigenvalue weighted by atomic mass is 35.5. The van der Waals surface area contributed by atoms with Gasteiger partial charge in [-0.05, 0) is 49.7 Å². The molecule has 0 aromatic carbocycles. The van der Waals surface area contributed by atoms with Gasteiger partial charge in [-0.15, -0.1) is 11.6 Å². The largest absolute Gasteiger partial charge is 0.391 e. The first-order valence-corrected chi connectivity index (χ1v) is 8.96. The highest BCUT2D eigenvalue weighted by Gasteiger charge is 2.68. The van der Waals surface area contributed by atoms with Crippen molar-refractivity contribution in [2.75, 3.05) is 0 Å². The maximum atomic E-state index is 12.4. The molecule has 23 heavy (non-hydrogen) atoms. The summed E-state index contributed by atoms with van der Waals surface area (Å²) in [6.07, 6.45) is 7.99. The van der Waals surface area contributed by atoms with E-state index in [-0.39, 0.29) is 23.4 Å². The van der Waals surface area contributed by atoms with Gasteiger partial charge in [0, 0.05) is 17.3 Å². The van der Waals surface area contributed by atoms with E-state index in [0.29, 0.717) is 12.8 Å². The van der Waals surface area contributed by atoms with Crippen LogP contribution >= 0.6 is 11.6 Å². The lowest BCUT2D eigenvalue weighted by atomic mass is 9.47. The van der Waals surface area contributed by atoms with E-state index in [1.54, 1.807) is 12.2 Å². The van der Waals surface area contributed by atoms with E-state index in [4.69, 9.17) is 11.6 Å². The number of halogens is 1. The zero-order valence-corrected chi connectivity index (χ0v) is 14.4. The van der Waals surface area contributed by atoms with E-state index in [1.165, 1.54) is 0 Å². The third-order valence-corrected chi connectivity index (χ3v) is 8.28.